The summed E-state index contributed by atoms with van der Waals surface area (Å²) < 4.78 is 5.06. The largest absolute Gasteiger partial charge is 0.380 e. The molecule has 0 aliphatic rings. The van der Waals surface area contributed by atoms with Gasteiger partial charge in [-0.1, -0.05) is 41.6 Å². The number of benzene rings is 2. The average Bonchev–Trinajstić information content (AvgIpc) is 2.72. The first-order valence-electron chi connectivity index (χ1n) is 5.05. The molecule has 0 radical (unpaired) electrons. The lowest BCUT2D eigenvalue weighted by molar-refractivity contribution is 0.460. The summed E-state index contributed by atoms with van der Waals surface area (Å²) in [6, 6.07) is 16.0. The molecule has 0 spiro atoms. The molecule has 0 amide bonds. The number of hydrogen-bond donors (Lipinski definition) is 1. The molecule has 1 heterocycles. The van der Waals surface area contributed by atoms with Crippen LogP contribution in [-0.4, -0.2) is 5.16 Å². The van der Waals surface area contributed by atoms with Gasteiger partial charge in [0.1, 0.15) is 0 Å². The minimum absolute atomic E-state index is 0.438. The second kappa shape index (κ2) is 3.38. The Bertz CT molecular complexity index is 629. The first-order chi connectivity index (χ1) is 7.84. The van der Waals surface area contributed by atoms with Crippen molar-refractivity contribution in [3.63, 3.8) is 0 Å². The predicted octanol–water partition coefficient (Wildman–Crippen LogP) is 3.08. The Kier molecular flexibility index (Phi) is 1.90. The van der Waals surface area contributed by atoms with Crippen molar-refractivity contribution in [1.82, 2.24) is 5.16 Å². The number of aromatic nitrogens is 1. The summed E-state index contributed by atoms with van der Waals surface area (Å²) in [5, 5.41) is 4.60. The molecular weight excluding hydrogens is 200 g/mol. The SMILES string of the molecule is Nc1noc2ccc(-c3ccccc3)cc12. The Labute approximate surface area is 92.5 Å². The molecule has 3 rings (SSSR count). The van der Waals surface area contributed by atoms with Gasteiger partial charge in [0.25, 0.3) is 0 Å². The van der Waals surface area contributed by atoms with E-state index in [-0.39, 0.29) is 0 Å². The molecule has 0 fully saturated rings. The van der Waals surface area contributed by atoms with E-state index in [9.17, 15) is 0 Å². The van der Waals surface area contributed by atoms with Gasteiger partial charge in [-0.05, 0) is 23.3 Å². The zero-order chi connectivity index (χ0) is 11.0. The van der Waals surface area contributed by atoms with Crippen LogP contribution >= 0.6 is 0 Å². The van der Waals surface area contributed by atoms with Crippen molar-refractivity contribution in [1.29, 1.82) is 0 Å². The van der Waals surface area contributed by atoms with Crippen LogP contribution in [0.1, 0.15) is 0 Å². The van der Waals surface area contributed by atoms with Gasteiger partial charge in [-0.25, -0.2) is 0 Å². The third-order valence-corrected chi connectivity index (χ3v) is 2.60. The highest BCUT2D eigenvalue weighted by Crippen LogP contribution is 2.27. The molecule has 3 aromatic rings. The smallest absolute Gasteiger partial charge is 0.174 e. The highest BCUT2D eigenvalue weighted by atomic mass is 16.5. The van der Waals surface area contributed by atoms with Gasteiger partial charge >= 0.3 is 0 Å². The topological polar surface area (TPSA) is 52.0 Å². The van der Waals surface area contributed by atoms with Crippen molar-refractivity contribution >= 4 is 16.8 Å². The van der Waals surface area contributed by atoms with Crippen molar-refractivity contribution in [3.05, 3.63) is 48.5 Å². The Morgan fingerprint density at radius 1 is 0.938 bits per heavy atom. The van der Waals surface area contributed by atoms with Gasteiger partial charge in [-0.3, -0.25) is 0 Å². The summed E-state index contributed by atoms with van der Waals surface area (Å²) in [7, 11) is 0. The Balaban J connectivity index is 2.22. The van der Waals surface area contributed by atoms with Crippen LogP contribution in [0.4, 0.5) is 5.82 Å². The van der Waals surface area contributed by atoms with Crippen LogP contribution in [0, 0.1) is 0 Å². The molecule has 0 bridgehead atoms. The first-order valence-corrected chi connectivity index (χ1v) is 5.05. The molecule has 1 aromatic heterocycles. The molecule has 16 heavy (non-hydrogen) atoms. The second-order valence-corrected chi connectivity index (χ2v) is 3.64. The van der Waals surface area contributed by atoms with Crippen LogP contribution in [0.3, 0.4) is 0 Å². The van der Waals surface area contributed by atoms with Gasteiger partial charge in [-0.15, -0.1) is 0 Å². The van der Waals surface area contributed by atoms with E-state index < -0.39 is 0 Å². The molecular formula is C13H10N2O. The van der Waals surface area contributed by atoms with Crippen LogP contribution < -0.4 is 5.73 Å². The van der Waals surface area contributed by atoms with E-state index in [0.717, 1.165) is 22.1 Å². The number of nitrogens with zero attached hydrogens (tertiary/aromatic N) is 1. The number of hydrogen-bond acceptors (Lipinski definition) is 3. The molecule has 0 aliphatic heterocycles. The zero-order valence-electron chi connectivity index (χ0n) is 8.55. The molecule has 0 saturated carbocycles. The van der Waals surface area contributed by atoms with Gasteiger partial charge < -0.3 is 10.3 Å². The minimum atomic E-state index is 0.438. The van der Waals surface area contributed by atoms with Crippen LogP contribution in [0.15, 0.2) is 53.1 Å². The Morgan fingerprint density at radius 3 is 2.56 bits per heavy atom. The van der Waals surface area contributed by atoms with Crippen LogP contribution in [0.25, 0.3) is 22.1 Å². The quantitative estimate of drug-likeness (QED) is 0.671. The summed E-state index contributed by atoms with van der Waals surface area (Å²) in [5.74, 6) is 0.438. The summed E-state index contributed by atoms with van der Waals surface area (Å²) in [6.07, 6.45) is 0. The Hall–Kier alpha value is -2.29. The van der Waals surface area contributed by atoms with Crippen LogP contribution in [-0.2, 0) is 0 Å². The maximum atomic E-state index is 5.72. The third-order valence-electron chi connectivity index (χ3n) is 2.60. The average molecular weight is 210 g/mol. The van der Waals surface area contributed by atoms with Crippen molar-refractivity contribution in [3.8, 4) is 11.1 Å². The number of nitrogens with two attached hydrogens (primary N) is 1. The normalized spacial score (nSPS) is 10.8. The molecule has 3 heteroatoms. The van der Waals surface area contributed by atoms with E-state index in [1.807, 2.05) is 36.4 Å². The van der Waals surface area contributed by atoms with E-state index in [0.29, 0.717) is 5.82 Å². The van der Waals surface area contributed by atoms with Gasteiger partial charge in [0.15, 0.2) is 11.4 Å². The monoisotopic (exact) mass is 210 g/mol. The highest BCUT2D eigenvalue weighted by Gasteiger charge is 2.06. The fourth-order valence-corrected chi connectivity index (χ4v) is 1.77. The second-order valence-electron chi connectivity index (χ2n) is 3.64. The third kappa shape index (κ3) is 1.34. The first kappa shape index (κ1) is 8.97. The minimum Gasteiger partial charge on any atom is -0.380 e. The van der Waals surface area contributed by atoms with Crippen molar-refractivity contribution < 1.29 is 4.52 Å². The van der Waals surface area contributed by atoms with Gasteiger partial charge in [0, 0.05) is 0 Å². The molecule has 0 atom stereocenters. The highest BCUT2D eigenvalue weighted by molar-refractivity contribution is 5.90. The number of anilines is 1. The maximum absolute atomic E-state index is 5.72. The van der Waals surface area contributed by atoms with Crippen molar-refractivity contribution in [2.24, 2.45) is 0 Å². The van der Waals surface area contributed by atoms with E-state index in [1.54, 1.807) is 0 Å². The molecule has 2 aromatic carbocycles. The fraction of sp³-hybridized carbons (Fsp3) is 0. The number of rotatable bonds is 1. The molecule has 78 valence electrons. The van der Waals surface area contributed by atoms with Crippen molar-refractivity contribution in [2.75, 3.05) is 5.73 Å². The predicted molar refractivity (Wildman–Crippen MR) is 63.9 cm³/mol. The summed E-state index contributed by atoms with van der Waals surface area (Å²) in [5.41, 5.74) is 8.71. The van der Waals surface area contributed by atoms with Crippen molar-refractivity contribution in [2.45, 2.75) is 0 Å². The van der Waals surface area contributed by atoms with E-state index in [4.69, 9.17) is 10.3 Å². The lowest BCUT2D eigenvalue weighted by Crippen LogP contribution is -1.84. The Morgan fingerprint density at radius 2 is 1.75 bits per heavy atom. The fourth-order valence-electron chi connectivity index (χ4n) is 1.77. The molecule has 0 saturated heterocycles. The van der Waals surface area contributed by atoms with Crippen LogP contribution in [0.2, 0.25) is 0 Å². The summed E-state index contributed by atoms with van der Waals surface area (Å²) >= 11 is 0. The van der Waals surface area contributed by atoms with E-state index in [2.05, 4.69) is 17.3 Å². The van der Waals surface area contributed by atoms with Gasteiger partial charge in [-0.2, -0.15) is 0 Å². The lowest BCUT2D eigenvalue weighted by atomic mass is 10.0. The van der Waals surface area contributed by atoms with Crippen LogP contribution in [0.5, 0.6) is 0 Å². The molecule has 2 N–H and O–H groups in total. The molecule has 0 aliphatic carbocycles. The van der Waals surface area contributed by atoms with E-state index in [1.165, 1.54) is 0 Å². The zero-order valence-corrected chi connectivity index (χ0v) is 8.55. The molecule has 0 unspecified atom stereocenters. The number of fused-ring (bicyclic) bond motifs is 1. The molecule has 3 nitrogen and oxygen atoms in total. The van der Waals surface area contributed by atoms with Gasteiger partial charge in [0.2, 0.25) is 0 Å². The summed E-state index contributed by atoms with van der Waals surface area (Å²) in [4.78, 5) is 0. The standard InChI is InChI=1S/C13H10N2O/c14-13-11-8-10(6-7-12(11)16-15-13)9-4-2-1-3-5-9/h1-8H,(H2,14,15). The number of nitrogen functional groups attached to an aromatic ring is 1. The van der Waals surface area contributed by atoms with E-state index >= 15 is 0 Å². The maximum Gasteiger partial charge on any atom is 0.174 e. The van der Waals surface area contributed by atoms with Gasteiger partial charge in [0.05, 0.1) is 5.39 Å². The lowest BCUT2D eigenvalue weighted by Gasteiger charge is -2.00. The summed E-state index contributed by atoms with van der Waals surface area (Å²) in [6.45, 7) is 0.